The Morgan fingerprint density at radius 3 is 1.67 bits per heavy atom. The molecule has 3 atom stereocenters. The molecular formula is C40H73N2O6P. The van der Waals surface area contributed by atoms with E-state index in [9.17, 15) is 19.4 Å². The van der Waals surface area contributed by atoms with Gasteiger partial charge in [0.05, 0.1) is 25.4 Å². The molecule has 0 spiro atoms. The summed E-state index contributed by atoms with van der Waals surface area (Å²) in [5.74, 6) is -0.252. The molecule has 49 heavy (non-hydrogen) atoms. The lowest BCUT2D eigenvalue weighted by Gasteiger charge is -2.23. The standard InChI is InChI=1S/C40H73N2O6P/c1-3-5-7-9-11-13-15-17-18-19-20-22-24-26-28-30-32-34-40(44)42-38(37-48-49(45,46)47-36-35-41)39(43)33-31-29-27-25-23-21-16-14-12-10-8-6-4-2/h11,13,17-18,20,22,26,28,31,33,38-39,43H,3-10,12,14-16,19,21,23-25,27,29-30,32,34-37,41H2,1-2H3,(H,42,44)(H,45,46)/b13-11-,18-17-,22-20-,28-26-,33-31+/t38-,39+/m0/s1. The SMILES string of the molecule is CCCCC/C=C\C/C=C\C/C=C\C/C=C\CCCC(=O)N[C@@H](COP(=O)(O)OCCN)[C@H](O)/C=C/CCCCCCCCCCCCC. The summed E-state index contributed by atoms with van der Waals surface area (Å²) in [6.07, 6.45) is 44.1. The molecule has 0 aromatic rings. The fraction of sp³-hybridized carbons (Fsp3) is 0.725. The number of aliphatic hydroxyl groups excluding tert-OH is 1. The Labute approximate surface area is 300 Å². The van der Waals surface area contributed by atoms with Crippen molar-refractivity contribution in [1.29, 1.82) is 0 Å². The minimum Gasteiger partial charge on any atom is -0.387 e. The molecule has 0 fully saturated rings. The highest BCUT2D eigenvalue weighted by atomic mass is 31.2. The van der Waals surface area contributed by atoms with Crippen LogP contribution in [-0.2, 0) is 18.4 Å². The van der Waals surface area contributed by atoms with Crippen LogP contribution in [0.15, 0.2) is 60.8 Å². The van der Waals surface area contributed by atoms with Crippen molar-refractivity contribution in [2.45, 2.75) is 167 Å². The van der Waals surface area contributed by atoms with Gasteiger partial charge in [-0.1, -0.05) is 152 Å². The van der Waals surface area contributed by atoms with Crippen LogP contribution in [0.3, 0.4) is 0 Å². The molecule has 9 heteroatoms. The summed E-state index contributed by atoms with van der Waals surface area (Å²) < 4.78 is 22.0. The van der Waals surface area contributed by atoms with Crippen molar-refractivity contribution >= 4 is 13.7 Å². The molecule has 0 aliphatic heterocycles. The predicted molar refractivity (Wildman–Crippen MR) is 207 cm³/mol. The van der Waals surface area contributed by atoms with E-state index in [4.69, 9.17) is 14.8 Å². The van der Waals surface area contributed by atoms with Crippen LogP contribution in [-0.4, -0.2) is 47.8 Å². The number of nitrogens with one attached hydrogen (secondary N) is 1. The van der Waals surface area contributed by atoms with E-state index in [1.165, 1.54) is 83.5 Å². The molecule has 0 aromatic heterocycles. The second kappa shape index (κ2) is 36.0. The lowest BCUT2D eigenvalue weighted by atomic mass is 10.0. The van der Waals surface area contributed by atoms with Crippen LogP contribution in [0.5, 0.6) is 0 Å². The number of nitrogens with two attached hydrogens (primary N) is 1. The number of amides is 1. The molecule has 0 aliphatic carbocycles. The topological polar surface area (TPSA) is 131 Å². The highest BCUT2D eigenvalue weighted by molar-refractivity contribution is 7.47. The molecule has 0 rings (SSSR count). The minimum absolute atomic E-state index is 0.0674. The van der Waals surface area contributed by atoms with Gasteiger partial charge < -0.3 is 21.1 Å². The number of hydrogen-bond donors (Lipinski definition) is 4. The van der Waals surface area contributed by atoms with E-state index in [0.717, 1.165) is 44.9 Å². The zero-order chi connectivity index (χ0) is 36.1. The monoisotopic (exact) mass is 709 g/mol. The third kappa shape index (κ3) is 34.4. The predicted octanol–water partition coefficient (Wildman–Crippen LogP) is 10.3. The van der Waals surface area contributed by atoms with Gasteiger partial charge in [-0.2, -0.15) is 0 Å². The number of carbonyl (C=O) groups is 1. The number of rotatable bonds is 35. The number of hydrogen-bond acceptors (Lipinski definition) is 6. The van der Waals surface area contributed by atoms with Gasteiger partial charge in [-0.05, 0) is 57.8 Å². The number of aliphatic hydroxyl groups is 1. The molecule has 0 saturated heterocycles. The van der Waals surface area contributed by atoms with Crippen molar-refractivity contribution in [1.82, 2.24) is 5.32 Å². The Bertz CT molecular complexity index is 949. The first-order chi connectivity index (χ1) is 23.9. The van der Waals surface area contributed by atoms with Crippen molar-refractivity contribution in [2.75, 3.05) is 19.8 Å². The van der Waals surface area contributed by atoms with Crippen molar-refractivity contribution in [3.8, 4) is 0 Å². The van der Waals surface area contributed by atoms with E-state index in [1.807, 2.05) is 6.08 Å². The second-order valence-corrected chi connectivity index (χ2v) is 14.2. The van der Waals surface area contributed by atoms with Crippen LogP contribution in [0.1, 0.15) is 155 Å². The number of phosphoric acid groups is 1. The first-order valence-electron chi connectivity index (χ1n) is 19.4. The summed E-state index contributed by atoms with van der Waals surface area (Å²) in [7, 11) is -4.35. The Kier molecular flexibility index (Phi) is 34.7. The Morgan fingerprint density at radius 2 is 1.12 bits per heavy atom. The van der Waals surface area contributed by atoms with Gasteiger partial charge in [-0.25, -0.2) is 4.57 Å². The maximum atomic E-state index is 12.7. The van der Waals surface area contributed by atoms with Gasteiger partial charge >= 0.3 is 7.82 Å². The fourth-order valence-electron chi connectivity index (χ4n) is 5.12. The normalized spacial score (nSPS) is 15.0. The average Bonchev–Trinajstić information content (AvgIpc) is 3.09. The van der Waals surface area contributed by atoms with Crippen LogP contribution in [0.25, 0.3) is 0 Å². The molecule has 1 unspecified atom stereocenters. The molecule has 5 N–H and O–H groups in total. The summed E-state index contributed by atoms with van der Waals surface area (Å²) in [5, 5.41) is 13.6. The van der Waals surface area contributed by atoms with Crippen molar-refractivity contribution in [3.63, 3.8) is 0 Å². The number of phosphoric ester groups is 1. The van der Waals surface area contributed by atoms with Gasteiger partial charge in [0, 0.05) is 13.0 Å². The van der Waals surface area contributed by atoms with E-state index in [-0.39, 0.29) is 32.1 Å². The third-order valence-electron chi connectivity index (χ3n) is 8.09. The quantitative estimate of drug-likeness (QED) is 0.0293. The van der Waals surface area contributed by atoms with E-state index in [2.05, 4.69) is 67.8 Å². The van der Waals surface area contributed by atoms with Gasteiger partial charge in [0.25, 0.3) is 0 Å². The molecule has 8 nitrogen and oxygen atoms in total. The molecule has 0 aliphatic rings. The first kappa shape index (κ1) is 47.2. The van der Waals surface area contributed by atoms with E-state index < -0.39 is 20.0 Å². The van der Waals surface area contributed by atoms with E-state index in [0.29, 0.717) is 6.42 Å². The van der Waals surface area contributed by atoms with Gasteiger partial charge in [-0.15, -0.1) is 0 Å². The van der Waals surface area contributed by atoms with Gasteiger partial charge in [0.2, 0.25) is 5.91 Å². The maximum absolute atomic E-state index is 12.7. The molecule has 0 radical (unpaired) electrons. The van der Waals surface area contributed by atoms with E-state index in [1.54, 1.807) is 6.08 Å². The molecule has 0 bridgehead atoms. The fourth-order valence-corrected chi connectivity index (χ4v) is 5.88. The summed E-state index contributed by atoms with van der Waals surface area (Å²) in [4.78, 5) is 22.6. The van der Waals surface area contributed by atoms with Crippen LogP contribution >= 0.6 is 7.82 Å². The van der Waals surface area contributed by atoms with Crippen molar-refractivity contribution < 1.29 is 28.4 Å². The van der Waals surface area contributed by atoms with Gasteiger partial charge in [0.15, 0.2) is 0 Å². The lowest BCUT2D eigenvalue weighted by molar-refractivity contribution is -0.122. The maximum Gasteiger partial charge on any atom is 0.472 e. The van der Waals surface area contributed by atoms with Crippen LogP contribution in [0, 0.1) is 0 Å². The number of carbonyl (C=O) groups excluding carboxylic acids is 1. The summed E-state index contributed by atoms with van der Waals surface area (Å²) in [6.45, 7) is 4.03. The first-order valence-corrected chi connectivity index (χ1v) is 20.9. The van der Waals surface area contributed by atoms with Crippen LogP contribution < -0.4 is 11.1 Å². The Morgan fingerprint density at radius 1 is 0.673 bits per heavy atom. The lowest BCUT2D eigenvalue weighted by Crippen LogP contribution is -2.45. The Hall–Kier alpha value is -1.80. The molecular weight excluding hydrogens is 635 g/mol. The third-order valence-corrected chi connectivity index (χ3v) is 9.07. The van der Waals surface area contributed by atoms with Crippen molar-refractivity contribution in [2.24, 2.45) is 5.73 Å². The molecule has 1 amide bonds. The number of unbranched alkanes of at least 4 members (excludes halogenated alkanes) is 15. The molecule has 0 aromatic carbocycles. The van der Waals surface area contributed by atoms with Gasteiger partial charge in [0.1, 0.15) is 0 Å². The highest BCUT2D eigenvalue weighted by Crippen LogP contribution is 2.43. The molecule has 0 saturated carbocycles. The van der Waals surface area contributed by atoms with Gasteiger partial charge in [-0.3, -0.25) is 13.8 Å². The largest absolute Gasteiger partial charge is 0.472 e. The van der Waals surface area contributed by atoms with Crippen LogP contribution in [0.2, 0.25) is 0 Å². The van der Waals surface area contributed by atoms with E-state index >= 15 is 0 Å². The second-order valence-electron chi connectivity index (χ2n) is 12.8. The molecule has 0 heterocycles. The zero-order valence-electron chi connectivity index (χ0n) is 31.2. The smallest absolute Gasteiger partial charge is 0.387 e. The Balaban J connectivity index is 4.43. The average molecular weight is 709 g/mol. The van der Waals surface area contributed by atoms with Crippen LogP contribution in [0.4, 0.5) is 0 Å². The zero-order valence-corrected chi connectivity index (χ0v) is 32.1. The molecule has 284 valence electrons. The summed E-state index contributed by atoms with van der Waals surface area (Å²) in [5.41, 5.74) is 5.35. The van der Waals surface area contributed by atoms with Crippen molar-refractivity contribution in [3.05, 3.63) is 60.8 Å². The summed E-state index contributed by atoms with van der Waals surface area (Å²) in [6, 6.07) is -0.889. The summed E-state index contributed by atoms with van der Waals surface area (Å²) >= 11 is 0. The minimum atomic E-state index is -4.35. The number of allylic oxidation sites excluding steroid dienone is 9. The highest BCUT2D eigenvalue weighted by Gasteiger charge is 2.26.